The highest BCUT2D eigenvalue weighted by Crippen LogP contribution is 2.40. The Hall–Kier alpha value is -7.21. The van der Waals surface area contributed by atoms with Crippen molar-refractivity contribution in [2.75, 3.05) is 0 Å². The van der Waals surface area contributed by atoms with Crippen molar-refractivity contribution < 1.29 is 0 Å². The second-order valence-electron chi connectivity index (χ2n) is 14.1. The van der Waals surface area contributed by atoms with E-state index in [-0.39, 0.29) is 0 Å². The van der Waals surface area contributed by atoms with Crippen LogP contribution >= 0.6 is 11.3 Å². The Morgan fingerprint density at radius 1 is 0.304 bits per heavy atom. The van der Waals surface area contributed by atoms with Crippen LogP contribution in [0.5, 0.6) is 0 Å². The third-order valence-electron chi connectivity index (χ3n) is 10.7. The molecule has 3 aromatic heterocycles. The van der Waals surface area contributed by atoms with E-state index < -0.39 is 0 Å². The highest BCUT2D eigenvalue weighted by atomic mass is 32.1. The van der Waals surface area contributed by atoms with Crippen LogP contribution in [0.2, 0.25) is 0 Å². The summed E-state index contributed by atoms with van der Waals surface area (Å²) in [6.07, 6.45) is 0. The zero-order valence-electron chi connectivity index (χ0n) is 30.2. The molecule has 0 atom stereocenters. The van der Waals surface area contributed by atoms with Crippen molar-refractivity contribution in [3.8, 4) is 62.1 Å². The van der Waals surface area contributed by atoms with Crippen LogP contribution in [0.25, 0.3) is 104 Å². The first-order valence-electron chi connectivity index (χ1n) is 18.8. The van der Waals surface area contributed by atoms with E-state index in [2.05, 4.69) is 138 Å². The van der Waals surface area contributed by atoms with Gasteiger partial charge in [0.05, 0.1) is 11.0 Å². The van der Waals surface area contributed by atoms with Crippen molar-refractivity contribution in [2.45, 2.75) is 0 Å². The molecular formula is C51H32N4S. The number of benzene rings is 8. The predicted molar refractivity (Wildman–Crippen MR) is 234 cm³/mol. The Labute approximate surface area is 327 Å². The van der Waals surface area contributed by atoms with E-state index in [4.69, 9.17) is 15.0 Å². The molecule has 0 radical (unpaired) electrons. The molecule has 5 heteroatoms. The third kappa shape index (κ3) is 5.56. The van der Waals surface area contributed by atoms with Gasteiger partial charge in [0, 0.05) is 53.3 Å². The minimum atomic E-state index is 0.664. The van der Waals surface area contributed by atoms with Crippen LogP contribution < -0.4 is 0 Å². The van der Waals surface area contributed by atoms with Gasteiger partial charge in [0.1, 0.15) is 0 Å². The number of nitrogens with zero attached hydrogens (tertiary/aromatic N) is 4. The van der Waals surface area contributed by atoms with Crippen molar-refractivity contribution in [1.29, 1.82) is 0 Å². The lowest BCUT2D eigenvalue weighted by Crippen LogP contribution is -2.00. The van der Waals surface area contributed by atoms with Gasteiger partial charge in [0.2, 0.25) is 0 Å². The van der Waals surface area contributed by atoms with Crippen molar-refractivity contribution >= 4 is 53.3 Å². The second kappa shape index (κ2) is 13.3. The monoisotopic (exact) mass is 732 g/mol. The summed E-state index contributed by atoms with van der Waals surface area (Å²) >= 11 is 1.82. The first-order valence-corrected chi connectivity index (χ1v) is 19.6. The van der Waals surface area contributed by atoms with Crippen LogP contribution in [0.15, 0.2) is 194 Å². The average Bonchev–Trinajstić information content (AvgIpc) is 3.82. The topological polar surface area (TPSA) is 43.6 Å². The molecule has 0 spiro atoms. The first-order chi connectivity index (χ1) is 27.7. The molecule has 0 N–H and O–H groups in total. The van der Waals surface area contributed by atoms with E-state index >= 15 is 0 Å². The molecule has 0 fully saturated rings. The molecule has 0 aliphatic heterocycles. The molecule has 56 heavy (non-hydrogen) atoms. The summed E-state index contributed by atoms with van der Waals surface area (Å²) in [6, 6.07) is 68.8. The molecule has 0 saturated heterocycles. The van der Waals surface area contributed by atoms with Gasteiger partial charge in [-0.05, 0) is 76.9 Å². The first kappa shape index (κ1) is 32.2. The molecule has 11 rings (SSSR count). The Kier molecular flexibility index (Phi) is 7.64. The zero-order chi connectivity index (χ0) is 37.0. The lowest BCUT2D eigenvalue weighted by Gasteiger charge is -2.09. The van der Waals surface area contributed by atoms with Gasteiger partial charge in [0.25, 0.3) is 0 Å². The van der Waals surface area contributed by atoms with Gasteiger partial charge in [-0.1, -0.05) is 140 Å². The van der Waals surface area contributed by atoms with Crippen LogP contribution in [0.1, 0.15) is 0 Å². The molecule has 0 amide bonds. The molecule has 3 heterocycles. The maximum atomic E-state index is 4.98. The number of fused-ring (bicyclic) bond motifs is 6. The lowest BCUT2D eigenvalue weighted by atomic mass is 9.98. The quantitative estimate of drug-likeness (QED) is 0.171. The van der Waals surface area contributed by atoms with Gasteiger partial charge in [-0.3, -0.25) is 0 Å². The lowest BCUT2D eigenvalue weighted by molar-refractivity contribution is 1.07. The fourth-order valence-corrected chi connectivity index (χ4v) is 9.02. The molecule has 262 valence electrons. The van der Waals surface area contributed by atoms with Crippen molar-refractivity contribution in [2.24, 2.45) is 0 Å². The Bertz CT molecular complexity index is 3160. The highest BCUT2D eigenvalue weighted by molar-refractivity contribution is 7.25. The number of thiophene rings is 1. The maximum Gasteiger partial charge on any atom is 0.164 e. The van der Waals surface area contributed by atoms with Crippen LogP contribution in [0, 0.1) is 0 Å². The molecule has 11 aromatic rings. The SMILES string of the molecule is c1ccc(-c2nc(-c3ccccc3)nc(-c3ccc4sc5cc(-c6ccc(-c7ccc8c(c7)c7ccccc7n8-c7ccccc7)cc6)ccc5c4c3)n2)cc1. The van der Waals surface area contributed by atoms with E-state index in [0.29, 0.717) is 17.5 Å². The summed E-state index contributed by atoms with van der Waals surface area (Å²) < 4.78 is 4.85. The Balaban J connectivity index is 0.931. The van der Waals surface area contributed by atoms with Gasteiger partial charge in [0.15, 0.2) is 17.5 Å². The fourth-order valence-electron chi connectivity index (χ4n) is 7.90. The summed E-state index contributed by atoms with van der Waals surface area (Å²) in [5, 5.41) is 4.95. The molecule has 0 aliphatic rings. The molecular weight excluding hydrogens is 701 g/mol. The van der Waals surface area contributed by atoms with Gasteiger partial charge in [-0.25, -0.2) is 15.0 Å². The van der Waals surface area contributed by atoms with Crippen molar-refractivity contribution in [3.05, 3.63) is 194 Å². The van der Waals surface area contributed by atoms with E-state index in [0.717, 1.165) is 16.7 Å². The number of hydrogen-bond donors (Lipinski definition) is 0. The molecule has 0 bridgehead atoms. The minimum Gasteiger partial charge on any atom is -0.309 e. The zero-order valence-corrected chi connectivity index (χ0v) is 31.0. The van der Waals surface area contributed by atoms with Gasteiger partial charge in [-0.2, -0.15) is 0 Å². The fraction of sp³-hybridized carbons (Fsp3) is 0. The van der Waals surface area contributed by atoms with Gasteiger partial charge in [-0.15, -0.1) is 11.3 Å². The number of rotatable bonds is 6. The predicted octanol–water partition coefficient (Wildman–Crippen LogP) is 13.7. The van der Waals surface area contributed by atoms with E-state index in [1.807, 2.05) is 72.0 Å². The third-order valence-corrected chi connectivity index (χ3v) is 11.8. The average molecular weight is 733 g/mol. The van der Waals surface area contributed by atoms with Crippen molar-refractivity contribution in [1.82, 2.24) is 19.5 Å². The smallest absolute Gasteiger partial charge is 0.164 e. The number of hydrogen-bond acceptors (Lipinski definition) is 4. The van der Waals surface area contributed by atoms with E-state index in [1.54, 1.807) is 0 Å². The van der Waals surface area contributed by atoms with Crippen LogP contribution in [0.3, 0.4) is 0 Å². The number of para-hydroxylation sites is 2. The van der Waals surface area contributed by atoms with E-state index in [9.17, 15) is 0 Å². The molecule has 4 nitrogen and oxygen atoms in total. The Morgan fingerprint density at radius 3 is 1.48 bits per heavy atom. The van der Waals surface area contributed by atoms with Crippen LogP contribution in [0.4, 0.5) is 0 Å². The summed E-state index contributed by atoms with van der Waals surface area (Å²) in [5.41, 5.74) is 11.3. The Morgan fingerprint density at radius 2 is 0.804 bits per heavy atom. The van der Waals surface area contributed by atoms with Crippen LogP contribution in [-0.4, -0.2) is 19.5 Å². The summed E-state index contributed by atoms with van der Waals surface area (Å²) in [5.74, 6) is 1.99. The standard InChI is InChI=1S/C51H32N4S/c1-4-12-35(13-5-1)49-52-50(36-14-6-2-7-15-36)54-51(53-49)39-26-29-47-44(31-39)42-27-24-38(32-48(42)56-47)34-22-20-33(21-23-34)37-25-28-46-43(30-37)41-18-10-11-19-45(41)55(46)40-16-8-3-9-17-40/h1-32H. The van der Waals surface area contributed by atoms with Crippen LogP contribution in [-0.2, 0) is 0 Å². The summed E-state index contributed by atoms with van der Waals surface area (Å²) in [7, 11) is 0. The summed E-state index contributed by atoms with van der Waals surface area (Å²) in [6.45, 7) is 0. The molecule has 0 aliphatic carbocycles. The maximum absolute atomic E-state index is 4.98. The molecule has 0 saturated carbocycles. The highest BCUT2D eigenvalue weighted by Gasteiger charge is 2.16. The summed E-state index contributed by atoms with van der Waals surface area (Å²) in [4.78, 5) is 14.8. The van der Waals surface area contributed by atoms with Crippen molar-refractivity contribution in [3.63, 3.8) is 0 Å². The minimum absolute atomic E-state index is 0.664. The van der Waals surface area contributed by atoms with Gasteiger partial charge < -0.3 is 4.57 Å². The van der Waals surface area contributed by atoms with Gasteiger partial charge >= 0.3 is 0 Å². The molecule has 0 unspecified atom stereocenters. The molecule has 8 aromatic carbocycles. The largest absolute Gasteiger partial charge is 0.309 e. The second-order valence-corrected chi connectivity index (χ2v) is 15.1. The van der Waals surface area contributed by atoms with E-state index in [1.165, 1.54) is 69.9 Å². The normalized spacial score (nSPS) is 11.6. The number of aromatic nitrogens is 4.